The zero-order chi connectivity index (χ0) is 13.4. The molecule has 0 aromatic carbocycles. The van der Waals surface area contributed by atoms with Crippen molar-refractivity contribution in [3.8, 4) is 0 Å². The number of aromatic nitrogens is 4. The van der Waals surface area contributed by atoms with Crippen LogP contribution >= 0.6 is 0 Å². The Hall–Kier alpha value is -1.85. The van der Waals surface area contributed by atoms with Gasteiger partial charge in [0.15, 0.2) is 5.82 Å². The number of hydrogen-bond acceptors (Lipinski definition) is 5. The fourth-order valence-electron chi connectivity index (χ4n) is 2.41. The van der Waals surface area contributed by atoms with Gasteiger partial charge in [-0.2, -0.15) is 4.98 Å². The number of imidazole rings is 1. The second kappa shape index (κ2) is 4.68. The fraction of sp³-hybridized carbons (Fsp3) is 0.615. The number of fused-ring (bicyclic) bond motifs is 1. The van der Waals surface area contributed by atoms with E-state index in [1.165, 1.54) is 5.82 Å². The quantitative estimate of drug-likeness (QED) is 0.916. The third-order valence-corrected chi connectivity index (χ3v) is 3.40. The van der Waals surface area contributed by atoms with Gasteiger partial charge >= 0.3 is 6.01 Å². The van der Waals surface area contributed by atoms with Crippen molar-refractivity contribution in [3.63, 3.8) is 0 Å². The third-order valence-electron chi connectivity index (χ3n) is 3.40. The number of aryl methyl sites for hydroxylation is 2. The minimum absolute atomic E-state index is 0.286. The number of rotatable bonds is 3. The molecule has 6 nitrogen and oxygen atoms in total. The molecule has 1 aliphatic rings. The van der Waals surface area contributed by atoms with Gasteiger partial charge in [0.2, 0.25) is 0 Å². The highest BCUT2D eigenvalue weighted by Gasteiger charge is 2.21. The standard InChI is InChI=1S/C13H19N5O/c1-8(2)12-16-13(19-17-12)15-10-4-5-11-14-9(3)6-18(11)7-10/h6,8,10H,4-5,7H2,1-3H3,(H,15,16,17)/t10-/m1/s1. The first kappa shape index (κ1) is 12.2. The van der Waals surface area contributed by atoms with Crippen LogP contribution in [0.4, 0.5) is 6.01 Å². The second-order valence-corrected chi connectivity index (χ2v) is 5.44. The highest BCUT2D eigenvalue weighted by Crippen LogP contribution is 2.19. The summed E-state index contributed by atoms with van der Waals surface area (Å²) in [6.07, 6.45) is 4.11. The molecule has 3 heterocycles. The summed E-state index contributed by atoms with van der Waals surface area (Å²) in [5, 5.41) is 7.28. The van der Waals surface area contributed by atoms with Crippen molar-refractivity contribution in [1.82, 2.24) is 19.7 Å². The molecule has 0 spiro atoms. The minimum Gasteiger partial charge on any atom is -0.333 e. The van der Waals surface area contributed by atoms with E-state index < -0.39 is 0 Å². The average molecular weight is 261 g/mol. The van der Waals surface area contributed by atoms with Crippen molar-refractivity contribution in [1.29, 1.82) is 0 Å². The Kier molecular flexibility index (Phi) is 3.00. The van der Waals surface area contributed by atoms with Crippen LogP contribution in [0.1, 0.15) is 43.5 Å². The summed E-state index contributed by atoms with van der Waals surface area (Å²) in [6.45, 7) is 7.03. The van der Waals surface area contributed by atoms with Gasteiger partial charge in [-0.25, -0.2) is 4.98 Å². The van der Waals surface area contributed by atoms with E-state index in [0.29, 0.717) is 12.1 Å². The maximum atomic E-state index is 5.22. The summed E-state index contributed by atoms with van der Waals surface area (Å²) < 4.78 is 7.43. The van der Waals surface area contributed by atoms with E-state index in [9.17, 15) is 0 Å². The number of nitrogens with zero attached hydrogens (tertiary/aromatic N) is 4. The third kappa shape index (κ3) is 2.47. The maximum Gasteiger partial charge on any atom is 0.321 e. The molecule has 0 fully saturated rings. The van der Waals surface area contributed by atoms with Crippen LogP contribution in [0.2, 0.25) is 0 Å². The fourth-order valence-corrected chi connectivity index (χ4v) is 2.41. The molecule has 0 amide bonds. The zero-order valence-corrected chi connectivity index (χ0v) is 11.6. The molecule has 2 aromatic heterocycles. The van der Waals surface area contributed by atoms with E-state index in [0.717, 1.165) is 30.9 Å². The average Bonchev–Trinajstić information content (AvgIpc) is 2.94. The predicted octanol–water partition coefficient (Wildman–Crippen LogP) is 2.12. The van der Waals surface area contributed by atoms with Crippen LogP contribution in [-0.4, -0.2) is 25.7 Å². The van der Waals surface area contributed by atoms with Crippen LogP contribution in [0, 0.1) is 6.92 Å². The molecule has 0 saturated heterocycles. The normalized spacial score (nSPS) is 18.6. The van der Waals surface area contributed by atoms with Gasteiger partial charge in [-0.1, -0.05) is 19.0 Å². The molecular formula is C13H19N5O. The molecule has 2 aromatic rings. The van der Waals surface area contributed by atoms with Crippen LogP contribution < -0.4 is 5.32 Å². The summed E-state index contributed by atoms with van der Waals surface area (Å²) >= 11 is 0. The molecule has 0 saturated carbocycles. The van der Waals surface area contributed by atoms with E-state index >= 15 is 0 Å². The summed E-state index contributed by atoms with van der Waals surface area (Å²) in [7, 11) is 0. The van der Waals surface area contributed by atoms with Crippen LogP contribution in [0.15, 0.2) is 10.7 Å². The lowest BCUT2D eigenvalue weighted by Crippen LogP contribution is -2.31. The Morgan fingerprint density at radius 3 is 3.00 bits per heavy atom. The molecule has 0 aliphatic carbocycles. The number of hydrogen-bond donors (Lipinski definition) is 1. The summed E-state index contributed by atoms with van der Waals surface area (Å²) in [5.74, 6) is 2.20. The van der Waals surface area contributed by atoms with E-state index in [1.807, 2.05) is 6.92 Å². The van der Waals surface area contributed by atoms with Gasteiger partial charge in [-0.05, 0) is 13.3 Å². The van der Waals surface area contributed by atoms with Gasteiger partial charge in [0, 0.05) is 31.1 Å². The van der Waals surface area contributed by atoms with Crippen molar-refractivity contribution in [3.05, 3.63) is 23.5 Å². The largest absolute Gasteiger partial charge is 0.333 e. The van der Waals surface area contributed by atoms with Crippen LogP contribution in [0.3, 0.4) is 0 Å². The minimum atomic E-state index is 0.286. The van der Waals surface area contributed by atoms with Crippen LogP contribution in [0.5, 0.6) is 0 Å². The Balaban J connectivity index is 1.68. The second-order valence-electron chi connectivity index (χ2n) is 5.44. The number of nitrogens with one attached hydrogen (secondary N) is 1. The van der Waals surface area contributed by atoms with Crippen molar-refractivity contribution in [2.24, 2.45) is 0 Å². The first-order valence-electron chi connectivity index (χ1n) is 6.74. The lowest BCUT2D eigenvalue weighted by Gasteiger charge is -2.23. The highest BCUT2D eigenvalue weighted by atomic mass is 16.5. The SMILES string of the molecule is Cc1cn2c(n1)CC[C@@H](Nc1nc(C(C)C)no1)C2. The molecule has 6 heteroatoms. The van der Waals surface area contributed by atoms with Crippen molar-refractivity contribution in [2.75, 3.05) is 5.32 Å². The Morgan fingerprint density at radius 1 is 1.42 bits per heavy atom. The first-order valence-corrected chi connectivity index (χ1v) is 6.74. The van der Waals surface area contributed by atoms with Gasteiger partial charge in [-0.3, -0.25) is 0 Å². The molecular weight excluding hydrogens is 242 g/mol. The number of anilines is 1. The van der Waals surface area contributed by atoms with Gasteiger partial charge in [-0.15, -0.1) is 0 Å². The molecule has 19 heavy (non-hydrogen) atoms. The molecule has 1 aliphatic heterocycles. The molecule has 0 radical (unpaired) electrons. The summed E-state index contributed by atoms with van der Waals surface area (Å²) in [4.78, 5) is 8.86. The van der Waals surface area contributed by atoms with Gasteiger partial charge in [0.05, 0.1) is 5.69 Å². The van der Waals surface area contributed by atoms with Crippen molar-refractivity contribution in [2.45, 2.75) is 52.1 Å². The maximum absolute atomic E-state index is 5.22. The van der Waals surface area contributed by atoms with Crippen LogP contribution in [0.25, 0.3) is 0 Å². The Labute approximate surface area is 112 Å². The monoisotopic (exact) mass is 261 g/mol. The lowest BCUT2D eigenvalue weighted by molar-refractivity contribution is 0.402. The van der Waals surface area contributed by atoms with Crippen LogP contribution in [-0.2, 0) is 13.0 Å². The van der Waals surface area contributed by atoms with Crippen molar-refractivity contribution >= 4 is 6.01 Å². The Morgan fingerprint density at radius 2 is 2.26 bits per heavy atom. The van der Waals surface area contributed by atoms with E-state index in [1.54, 1.807) is 0 Å². The first-order chi connectivity index (χ1) is 9.11. The molecule has 1 atom stereocenters. The van der Waals surface area contributed by atoms with Gasteiger partial charge in [0.1, 0.15) is 5.82 Å². The van der Waals surface area contributed by atoms with Gasteiger partial charge < -0.3 is 14.4 Å². The van der Waals surface area contributed by atoms with E-state index in [4.69, 9.17) is 4.52 Å². The Bertz CT molecular complexity index is 571. The molecule has 102 valence electrons. The molecule has 3 rings (SSSR count). The van der Waals surface area contributed by atoms with Gasteiger partial charge in [0.25, 0.3) is 0 Å². The van der Waals surface area contributed by atoms with E-state index in [2.05, 4.69) is 45.1 Å². The molecule has 1 N–H and O–H groups in total. The predicted molar refractivity (Wildman–Crippen MR) is 71.1 cm³/mol. The molecule has 0 unspecified atom stereocenters. The van der Waals surface area contributed by atoms with E-state index in [-0.39, 0.29) is 5.92 Å². The zero-order valence-electron chi connectivity index (χ0n) is 11.6. The van der Waals surface area contributed by atoms with Crippen molar-refractivity contribution < 1.29 is 4.52 Å². The lowest BCUT2D eigenvalue weighted by atomic mass is 10.1. The molecule has 0 bridgehead atoms. The topological polar surface area (TPSA) is 68.8 Å². The smallest absolute Gasteiger partial charge is 0.321 e. The summed E-state index contributed by atoms with van der Waals surface area (Å²) in [6, 6.07) is 0.843. The highest BCUT2D eigenvalue weighted by molar-refractivity contribution is 5.22. The summed E-state index contributed by atoms with van der Waals surface area (Å²) in [5.41, 5.74) is 1.08.